The summed E-state index contributed by atoms with van der Waals surface area (Å²) in [6, 6.07) is 12.4. The lowest BCUT2D eigenvalue weighted by molar-refractivity contribution is -0.155. The number of amides is 3. The molecular formula is C50H64N8O9S. The Labute approximate surface area is 397 Å². The highest BCUT2D eigenvalue weighted by molar-refractivity contribution is 7.90. The van der Waals surface area contributed by atoms with E-state index in [1.54, 1.807) is 30.3 Å². The molecule has 0 saturated carbocycles. The lowest BCUT2D eigenvalue weighted by Gasteiger charge is -2.45. The van der Waals surface area contributed by atoms with E-state index in [2.05, 4.69) is 59.6 Å². The summed E-state index contributed by atoms with van der Waals surface area (Å²) in [7, 11) is -1.88. The van der Waals surface area contributed by atoms with Crippen LogP contribution >= 0.6 is 0 Å². The second-order valence-corrected chi connectivity index (χ2v) is 22.6. The number of carbonyl (C=O) groups is 4. The van der Waals surface area contributed by atoms with Crippen molar-refractivity contribution in [1.82, 2.24) is 39.8 Å². The van der Waals surface area contributed by atoms with Crippen LogP contribution in [-0.4, -0.2) is 131 Å². The number of carbonyl (C=O) groups excluding carboxylic acids is 4. The number of hydrogen-bond acceptors (Lipinski definition) is 12. The van der Waals surface area contributed by atoms with Crippen LogP contribution in [0, 0.1) is 16.7 Å². The molecule has 4 N–H and O–H groups in total. The van der Waals surface area contributed by atoms with Crippen LogP contribution < -0.4 is 16.1 Å². The molecule has 6 bridgehead atoms. The van der Waals surface area contributed by atoms with Crippen molar-refractivity contribution >= 4 is 44.6 Å². The van der Waals surface area contributed by atoms with Gasteiger partial charge in [0.25, 0.3) is 5.91 Å². The number of nitrogens with zero attached hydrogens (tertiary/aromatic N) is 5. The van der Waals surface area contributed by atoms with Gasteiger partial charge in [0, 0.05) is 80.9 Å². The van der Waals surface area contributed by atoms with Crippen LogP contribution in [0.3, 0.4) is 0 Å². The van der Waals surface area contributed by atoms with E-state index in [1.165, 1.54) is 9.31 Å². The Hall–Kier alpha value is -5.40. The van der Waals surface area contributed by atoms with Crippen LogP contribution in [0.2, 0.25) is 0 Å². The third kappa shape index (κ3) is 8.78. The molecule has 1 spiro atoms. The Bertz CT molecular complexity index is 2760. The molecule has 5 aliphatic heterocycles. The number of pyridine rings is 1. The standard InChI is InChI=1S/C50H64N8O9S/c1-8-56-40-14-13-32-23-36(40)37(44(56)35-11-9-16-51-42(35)30(4)66-7)24-49(5,6)28-67-47(62)38-12-10-17-58(54-38)46(61)39(21-31-19-33(32)22-34(59)20-31)53-45(60)43(29(2)3)57-18-15-50(48(57)63)26-55(27-50)68(64,65)41-25-52-41/h9,11,13-14,16,19-20,22-23,29-30,38-39,41,43,52,54,59H,8,10,12,15,17-18,21,24-28H2,1-7H3,(H,53,60)/t30-,38-,39-,41-,43-/m0/s1. The molecule has 7 heterocycles. The number of phenols is 1. The highest BCUT2D eigenvalue weighted by Gasteiger charge is 2.61. The van der Waals surface area contributed by atoms with Crippen LogP contribution in [-0.2, 0) is 58.1 Å². The van der Waals surface area contributed by atoms with Gasteiger partial charge in [0.2, 0.25) is 21.8 Å². The van der Waals surface area contributed by atoms with Gasteiger partial charge in [-0.1, -0.05) is 39.8 Å². The summed E-state index contributed by atoms with van der Waals surface area (Å²) in [5, 5.41) is 19.0. The van der Waals surface area contributed by atoms with E-state index in [0.29, 0.717) is 49.9 Å². The Morgan fingerprint density at radius 3 is 2.53 bits per heavy atom. The number of phenolic OH excluding ortho intramolecular Hbond substituents is 1. The molecule has 18 heteroatoms. The van der Waals surface area contributed by atoms with E-state index in [-0.39, 0.29) is 62.9 Å². The molecule has 364 valence electrons. The number of ether oxygens (including phenoxy) is 2. The summed E-state index contributed by atoms with van der Waals surface area (Å²) < 4.78 is 41.4. The second kappa shape index (κ2) is 18.2. The molecule has 4 saturated heterocycles. The van der Waals surface area contributed by atoms with Gasteiger partial charge < -0.3 is 29.4 Å². The number of rotatable bonds is 10. The summed E-state index contributed by atoms with van der Waals surface area (Å²) in [6.07, 6.45) is 3.32. The normalized spacial score (nSPS) is 23.9. The number of fused-ring (bicyclic) bond motifs is 6. The summed E-state index contributed by atoms with van der Waals surface area (Å²) >= 11 is 0. The van der Waals surface area contributed by atoms with E-state index >= 15 is 0 Å². The van der Waals surface area contributed by atoms with Gasteiger partial charge in [0.05, 0.1) is 29.5 Å². The molecule has 17 nitrogen and oxygen atoms in total. The number of methoxy groups -OCH3 is 1. The zero-order valence-corrected chi connectivity index (χ0v) is 40.8. The molecule has 5 aliphatic rings. The van der Waals surface area contributed by atoms with Crippen molar-refractivity contribution in [3.05, 3.63) is 71.5 Å². The van der Waals surface area contributed by atoms with Gasteiger partial charge in [-0.2, -0.15) is 4.31 Å². The van der Waals surface area contributed by atoms with Crippen molar-refractivity contribution in [2.24, 2.45) is 16.7 Å². The van der Waals surface area contributed by atoms with Gasteiger partial charge in [-0.25, -0.2) is 13.8 Å². The molecule has 0 radical (unpaired) electrons. The first-order chi connectivity index (χ1) is 32.3. The average Bonchev–Trinajstić information content (AvgIpc) is 4.06. The molecular weight excluding hydrogens is 889 g/mol. The van der Waals surface area contributed by atoms with Crippen molar-refractivity contribution in [3.63, 3.8) is 0 Å². The number of cyclic esters (lactones) is 1. The van der Waals surface area contributed by atoms with Gasteiger partial charge in [0.1, 0.15) is 29.2 Å². The molecule has 3 amide bonds. The Kier molecular flexibility index (Phi) is 12.7. The van der Waals surface area contributed by atoms with Crippen molar-refractivity contribution < 1.29 is 42.2 Å². The van der Waals surface area contributed by atoms with Crippen molar-refractivity contribution in [2.45, 2.75) is 110 Å². The number of hydrazine groups is 1. The zero-order chi connectivity index (χ0) is 48.4. The third-order valence-corrected chi connectivity index (χ3v) is 16.5. The first kappa shape index (κ1) is 47.7. The number of aromatic hydroxyl groups is 1. The van der Waals surface area contributed by atoms with E-state index in [1.807, 2.05) is 39.0 Å². The highest BCUT2D eigenvalue weighted by Crippen LogP contribution is 2.45. The molecule has 0 aliphatic carbocycles. The number of esters is 1. The Morgan fingerprint density at radius 1 is 1.06 bits per heavy atom. The number of benzene rings is 2. The number of nitrogens with one attached hydrogen (secondary N) is 3. The lowest BCUT2D eigenvalue weighted by Crippen LogP contribution is -2.64. The topological polar surface area (TPSA) is 215 Å². The van der Waals surface area contributed by atoms with Crippen LogP contribution in [0.15, 0.2) is 54.7 Å². The van der Waals surface area contributed by atoms with Crippen molar-refractivity contribution in [2.75, 3.05) is 46.4 Å². The predicted molar refractivity (Wildman–Crippen MR) is 255 cm³/mol. The smallest absolute Gasteiger partial charge is 0.324 e. The van der Waals surface area contributed by atoms with Crippen molar-refractivity contribution in [3.8, 4) is 28.1 Å². The minimum atomic E-state index is -3.55. The molecule has 9 rings (SSSR count). The van der Waals surface area contributed by atoms with Crippen LogP contribution in [0.5, 0.6) is 5.75 Å². The van der Waals surface area contributed by atoms with Gasteiger partial charge in [0.15, 0.2) is 0 Å². The molecule has 4 aromatic rings. The summed E-state index contributed by atoms with van der Waals surface area (Å²) in [6.45, 7) is 13.7. The number of hydrogen-bond donors (Lipinski definition) is 4. The van der Waals surface area contributed by atoms with Gasteiger partial charge in [-0.3, -0.25) is 34.5 Å². The average molecular weight is 953 g/mol. The molecule has 2 aromatic carbocycles. The SMILES string of the molecule is CCn1c(-c2cccnc2[C@H](C)OC)c2c3cc(ccc31)-c1cc(O)cc(c1)C[C@H](NC(=O)[C@H](C(C)C)N1CCC3(CN(S(=O)(=O)[C@H]4CN4)C3)C1=O)C(=O)N1CCC[C@H](N1)C(=O)OCC(C)(C)C2. The maximum atomic E-state index is 14.8. The van der Waals surface area contributed by atoms with E-state index in [4.69, 9.17) is 14.5 Å². The van der Waals surface area contributed by atoms with Gasteiger partial charge in [-0.05, 0) is 104 Å². The van der Waals surface area contributed by atoms with Crippen molar-refractivity contribution in [1.29, 1.82) is 0 Å². The largest absolute Gasteiger partial charge is 0.508 e. The molecule has 2 aromatic heterocycles. The minimum Gasteiger partial charge on any atom is -0.508 e. The van der Waals surface area contributed by atoms with Crippen LogP contribution in [0.25, 0.3) is 33.3 Å². The number of aromatic nitrogens is 2. The molecule has 5 atom stereocenters. The van der Waals surface area contributed by atoms with E-state index < -0.39 is 62.1 Å². The number of aryl methyl sites for hydroxylation is 1. The fourth-order valence-electron chi connectivity index (χ4n) is 10.8. The predicted octanol–water partition coefficient (Wildman–Crippen LogP) is 4.27. The third-order valence-electron chi connectivity index (χ3n) is 14.5. The zero-order valence-electron chi connectivity index (χ0n) is 40.0. The quantitative estimate of drug-likeness (QED) is 0.130. The molecule has 0 unspecified atom stereocenters. The van der Waals surface area contributed by atoms with Crippen LogP contribution in [0.4, 0.5) is 0 Å². The first-order valence-corrected chi connectivity index (χ1v) is 25.4. The minimum absolute atomic E-state index is 0.0211. The first-order valence-electron chi connectivity index (χ1n) is 23.9. The maximum Gasteiger partial charge on any atom is 0.324 e. The summed E-state index contributed by atoms with van der Waals surface area (Å²) in [5.74, 6) is -2.16. The van der Waals surface area contributed by atoms with E-state index in [0.717, 1.165) is 39.0 Å². The highest BCUT2D eigenvalue weighted by atomic mass is 32.2. The van der Waals surface area contributed by atoms with E-state index in [9.17, 15) is 32.7 Å². The lowest BCUT2D eigenvalue weighted by atomic mass is 9.80. The fraction of sp³-hybridized carbons (Fsp3) is 0.540. The number of sulfonamides is 1. The van der Waals surface area contributed by atoms with Crippen LogP contribution in [0.1, 0.15) is 83.7 Å². The summed E-state index contributed by atoms with van der Waals surface area (Å²) in [5.41, 5.74) is 8.56. The maximum absolute atomic E-state index is 14.8. The Morgan fingerprint density at radius 2 is 1.82 bits per heavy atom. The van der Waals surface area contributed by atoms with Gasteiger partial charge in [-0.15, -0.1) is 0 Å². The second-order valence-electron chi connectivity index (χ2n) is 20.5. The Balaban J connectivity index is 1.09. The monoisotopic (exact) mass is 952 g/mol. The molecule has 68 heavy (non-hydrogen) atoms. The van der Waals surface area contributed by atoms with Gasteiger partial charge >= 0.3 is 5.97 Å². The molecule has 4 fully saturated rings. The number of likely N-dealkylation sites (tertiary alicyclic amines) is 1. The summed E-state index contributed by atoms with van der Waals surface area (Å²) in [4.78, 5) is 63.9. The fourth-order valence-corrected chi connectivity index (χ4v) is 12.5.